The molecule has 5 N–H and O–H groups in total. The van der Waals surface area contributed by atoms with Crippen molar-refractivity contribution >= 4 is 29.9 Å². The summed E-state index contributed by atoms with van der Waals surface area (Å²) in [6.45, 7) is 0. The van der Waals surface area contributed by atoms with E-state index in [0.717, 1.165) is 4.89 Å². The zero-order valence-electron chi connectivity index (χ0n) is 5.84. The number of nitrogens with two attached hydrogens (primary N) is 1. The minimum Gasteiger partial charge on any atom is -0.758 e. The Morgan fingerprint density at radius 2 is 2.17 bits per heavy atom. The Balaban J connectivity index is 0. The van der Waals surface area contributed by atoms with Gasteiger partial charge in [0, 0.05) is 17.0 Å². The van der Waals surface area contributed by atoms with E-state index in [9.17, 15) is 4.79 Å². The summed E-state index contributed by atoms with van der Waals surface area (Å²) in [5, 5.41) is 15.3. The number of hydrogen-bond acceptors (Lipinski definition) is 6. The van der Waals surface area contributed by atoms with Crippen molar-refractivity contribution in [2.45, 2.75) is 6.04 Å². The average Bonchev–Trinajstić information content (AvgIpc) is 2.04. The predicted molar refractivity (Wildman–Crippen MR) is 43.3 cm³/mol. The van der Waals surface area contributed by atoms with E-state index >= 15 is 0 Å². The fourth-order valence-electron chi connectivity index (χ4n) is 0.0781. The Morgan fingerprint density at radius 3 is 2.17 bits per heavy atom. The molecular formula is C3H9N2O5S2-. The summed E-state index contributed by atoms with van der Waals surface area (Å²) in [7, 11) is 0. The molecule has 9 heteroatoms. The molecule has 0 aromatic rings. The van der Waals surface area contributed by atoms with Crippen LogP contribution in [0.1, 0.15) is 0 Å². The van der Waals surface area contributed by atoms with E-state index in [1.807, 2.05) is 0 Å². The zero-order chi connectivity index (χ0) is 10.1. The van der Waals surface area contributed by atoms with Crippen molar-refractivity contribution in [3.8, 4) is 0 Å². The maximum atomic E-state index is 9.76. The molecule has 0 radical (unpaired) electrons. The van der Waals surface area contributed by atoms with Crippen LogP contribution in [0.15, 0.2) is 0 Å². The van der Waals surface area contributed by atoms with Gasteiger partial charge in [-0.05, 0) is 0 Å². The van der Waals surface area contributed by atoms with E-state index < -0.39 is 23.3 Å². The van der Waals surface area contributed by atoms with Crippen LogP contribution in [0, 0.1) is 0 Å². The third-order valence-corrected chi connectivity index (χ3v) is 1.13. The van der Waals surface area contributed by atoms with Crippen LogP contribution >= 0.6 is 12.6 Å². The molecule has 0 spiro atoms. The second-order valence-corrected chi connectivity index (χ2v) is 2.47. The first-order valence-electron chi connectivity index (χ1n) is 2.54. The fraction of sp³-hybridized carbons (Fsp3) is 0.667. The third-order valence-electron chi connectivity index (χ3n) is 0.588. The van der Waals surface area contributed by atoms with Gasteiger partial charge in [-0.3, -0.25) is 9.00 Å². The largest absolute Gasteiger partial charge is 0.758 e. The fourth-order valence-corrected chi connectivity index (χ4v) is 0.234. The maximum absolute atomic E-state index is 9.76. The van der Waals surface area contributed by atoms with Crippen molar-refractivity contribution < 1.29 is 23.9 Å². The average molecular weight is 217 g/mol. The first-order chi connectivity index (χ1) is 5.45. The Morgan fingerprint density at radius 1 is 1.83 bits per heavy atom. The molecule has 0 rings (SSSR count). The number of thiol groups is 1. The van der Waals surface area contributed by atoms with Gasteiger partial charge in [0.2, 0.25) is 0 Å². The van der Waals surface area contributed by atoms with Gasteiger partial charge in [0.05, 0.1) is 0 Å². The molecule has 12 heavy (non-hydrogen) atoms. The van der Waals surface area contributed by atoms with Gasteiger partial charge in [-0.25, -0.2) is 0 Å². The summed E-state index contributed by atoms with van der Waals surface area (Å²) in [5.41, 5.74) is 4.94. The second kappa shape index (κ2) is 8.90. The molecule has 0 saturated carbocycles. The summed E-state index contributed by atoms with van der Waals surface area (Å²) >= 11 is 1.13. The first kappa shape index (κ1) is 14.3. The second-order valence-electron chi connectivity index (χ2n) is 1.45. The minimum absolute atomic E-state index is 0.190. The lowest BCUT2D eigenvalue weighted by molar-refractivity contribution is -0.137. The lowest BCUT2D eigenvalue weighted by Crippen LogP contribution is -2.31. The molecule has 74 valence electrons. The van der Waals surface area contributed by atoms with Gasteiger partial charge in [-0.2, -0.15) is 12.6 Å². The number of carboxylic acid groups (broad SMARTS) is 1. The smallest absolute Gasteiger partial charge is 0.321 e. The molecule has 1 unspecified atom stereocenters. The van der Waals surface area contributed by atoms with E-state index in [1.165, 1.54) is 0 Å². The highest BCUT2D eigenvalue weighted by Gasteiger charge is 2.06. The standard InChI is InChI=1S/C3H7NO2S.H3NO3S/c4-2(1-7)3(5)6;2-1-5(3)4/h2,7H,1,4H2,(H,5,6);1-2H,(H,3,4)/p-1/t2-;/m0./s1. The molecule has 7 nitrogen and oxygen atoms in total. The van der Waals surface area contributed by atoms with Crippen LogP contribution < -0.4 is 10.6 Å². The van der Waals surface area contributed by atoms with E-state index in [1.54, 1.807) is 0 Å². The van der Waals surface area contributed by atoms with Gasteiger partial charge < -0.3 is 20.6 Å². The SMILES string of the molecule is N[C@@H](CS)C(=O)O.O=S([O-])NO. The van der Waals surface area contributed by atoms with Gasteiger partial charge in [0.1, 0.15) is 6.04 Å². The van der Waals surface area contributed by atoms with Crippen LogP contribution in [-0.4, -0.2) is 36.8 Å². The van der Waals surface area contributed by atoms with Crippen LogP contribution in [0.4, 0.5) is 0 Å². The predicted octanol–water partition coefficient (Wildman–Crippen LogP) is -1.91. The molecular weight excluding hydrogens is 208 g/mol. The van der Waals surface area contributed by atoms with Gasteiger partial charge in [0.25, 0.3) is 0 Å². The van der Waals surface area contributed by atoms with Crippen molar-refractivity contribution in [1.29, 1.82) is 0 Å². The molecule has 0 aliphatic carbocycles. The topological polar surface area (TPSA) is 136 Å². The van der Waals surface area contributed by atoms with Crippen molar-refractivity contribution in [2.24, 2.45) is 5.73 Å². The van der Waals surface area contributed by atoms with Gasteiger partial charge in [-0.1, -0.05) is 0 Å². The summed E-state index contributed by atoms with van der Waals surface area (Å²) in [6, 6.07) is -0.816. The van der Waals surface area contributed by atoms with Crippen molar-refractivity contribution in [3.05, 3.63) is 0 Å². The first-order valence-corrected chi connectivity index (χ1v) is 4.24. The molecule has 0 amide bonds. The molecule has 0 fully saturated rings. The van der Waals surface area contributed by atoms with Crippen LogP contribution in [0.2, 0.25) is 0 Å². The Hall–Kier alpha value is -0.190. The molecule has 0 aromatic heterocycles. The summed E-state index contributed by atoms with van der Waals surface area (Å²) < 4.78 is 18.0. The van der Waals surface area contributed by atoms with E-state index in [2.05, 4.69) is 12.6 Å². The maximum Gasteiger partial charge on any atom is 0.321 e. The minimum atomic E-state index is -2.52. The lowest BCUT2D eigenvalue weighted by Gasteiger charge is -1.96. The zero-order valence-corrected chi connectivity index (χ0v) is 7.55. The third kappa shape index (κ3) is 12.5. The van der Waals surface area contributed by atoms with Crippen LogP contribution in [0.5, 0.6) is 0 Å². The molecule has 0 saturated heterocycles. The van der Waals surface area contributed by atoms with E-state index in [4.69, 9.17) is 24.8 Å². The number of nitrogens with one attached hydrogen (secondary N) is 1. The molecule has 0 heterocycles. The highest BCUT2D eigenvalue weighted by atomic mass is 32.2. The van der Waals surface area contributed by atoms with Gasteiger partial charge >= 0.3 is 5.97 Å². The Kier molecular flexibility index (Phi) is 10.6. The van der Waals surface area contributed by atoms with Gasteiger partial charge in [-0.15, -0.1) is 4.89 Å². The monoisotopic (exact) mass is 217 g/mol. The van der Waals surface area contributed by atoms with Crippen molar-refractivity contribution in [3.63, 3.8) is 0 Å². The Labute approximate surface area is 76.7 Å². The molecule has 0 bridgehead atoms. The molecule has 0 aromatic carbocycles. The van der Waals surface area contributed by atoms with E-state index in [0.29, 0.717) is 0 Å². The van der Waals surface area contributed by atoms with Crippen molar-refractivity contribution in [1.82, 2.24) is 4.89 Å². The van der Waals surface area contributed by atoms with Crippen molar-refractivity contribution in [2.75, 3.05) is 5.75 Å². The number of carboxylic acids is 1. The summed E-state index contributed by atoms with van der Waals surface area (Å²) in [5.74, 6) is -0.815. The summed E-state index contributed by atoms with van der Waals surface area (Å²) in [4.78, 5) is 10.7. The molecule has 0 aliphatic rings. The highest BCUT2D eigenvalue weighted by Crippen LogP contribution is 1.80. The quantitative estimate of drug-likeness (QED) is 0.212. The van der Waals surface area contributed by atoms with E-state index in [-0.39, 0.29) is 5.75 Å². The number of rotatable bonds is 3. The van der Waals surface area contributed by atoms with Crippen LogP contribution in [-0.2, 0) is 16.1 Å². The number of aliphatic carboxylic acids is 1. The lowest BCUT2D eigenvalue weighted by atomic mass is 10.4. The highest BCUT2D eigenvalue weighted by molar-refractivity contribution is 7.80. The molecule has 0 aliphatic heterocycles. The van der Waals surface area contributed by atoms with Gasteiger partial charge in [0.15, 0.2) is 0 Å². The van der Waals surface area contributed by atoms with Crippen LogP contribution in [0.25, 0.3) is 0 Å². The normalized spacial score (nSPS) is 14.0. The number of carbonyl (C=O) groups is 1. The molecule has 2 atom stereocenters. The Bertz CT molecular complexity index is 154. The van der Waals surface area contributed by atoms with Crippen LogP contribution in [0.3, 0.4) is 0 Å². The summed E-state index contributed by atoms with van der Waals surface area (Å²) in [6.07, 6.45) is 0. The number of hydrogen-bond donors (Lipinski definition) is 5.